The molecule has 0 fully saturated rings. The minimum Gasteiger partial charge on any atom is -0.144 e. The van der Waals surface area contributed by atoms with Crippen molar-refractivity contribution in [3.8, 4) is 20.9 Å². The molecule has 2 aromatic carbocycles. The van der Waals surface area contributed by atoms with Gasteiger partial charge in [0.25, 0.3) is 0 Å². The summed E-state index contributed by atoms with van der Waals surface area (Å²) < 4.78 is 0. The van der Waals surface area contributed by atoms with Gasteiger partial charge in [-0.1, -0.05) is 171 Å². The summed E-state index contributed by atoms with van der Waals surface area (Å²) in [4.78, 5) is 3.00. The number of thiophene rings is 2. The van der Waals surface area contributed by atoms with E-state index in [1.807, 2.05) is 22.7 Å². The fourth-order valence-corrected chi connectivity index (χ4v) is 9.82. The van der Waals surface area contributed by atoms with E-state index in [9.17, 15) is 0 Å². The van der Waals surface area contributed by atoms with Gasteiger partial charge in [0.15, 0.2) is 0 Å². The minimum atomic E-state index is 0.0746. The molecule has 2 heteroatoms. The van der Waals surface area contributed by atoms with Gasteiger partial charge in [0.05, 0.1) is 0 Å². The highest BCUT2D eigenvalue weighted by molar-refractivity contribution is 7.14. The van der Waals surface area contributed by atoms with Crippen molar-refractivity contribution in [1.82, 2.24) is 0 Å². The number of benzene rings is 2. The summed E-state index contributed by atoms with van der Waals surface area (Å²) in [5.41, 5.74) is 9.07. The number of rotatable bonds is 24. The van der Waals surface area contributed by atoms with Crippen LogP contribution < -0.4 is 0 Å². The summed E-state index contributed by atoms with van der Waals surface area (Å²) >= 11 is 3.93. The predicted octanol–water partition coefficient (Wildman–Crippen LogP) is 17.8. The van der Waals surface area contributed by atoms with E-state index in [1.54, 1.807) is 11.1 Å². The van der Waals surface area contributed by atoms with Gasteiger partial charge in [-0.2, -0.15) is 0 Å². The standard InChI is InChI=1S/C50H76S2/c1-9-11-13-15-17-19-21-23-25-27-29-39-31-33-51-47(39)45-37-41(49(3,4)5)36-44-43(45)35-42(50(6,7)8)38-46(44)48-40(32-34-52-48)30-28-26-24-22-20-18-16-14-12-10-2/h31-38H,9-30H2,1-8H3. The quantitative estimate of drug-likeness (QED) is 0.0628. The lowest BCUT2D eigenvalue weighted by Gasteiger charge is -2.26. The molecule has 2 aromatic heterocycles. The smallest absolute Gasteiger partial charge is 0.0381 e. The minimum absolute atomic E-state index is 0.0746. The molecule has 0 N–H and O–H groups in total. The Hall–Kier alpha value is -1.90. The average Bonchev–Trinajstić information content (AvgIpc) is 3.78. The molecule has 288 valence electrons. The molecular weight excluding hydrogens is 665 g/mol. The van der Waals surface area contributed by atoms with Crippen LogP contribution in [-0.4, -0.2) is 0 Å². The van der Waals surface area contributed by atoms with Gasteiger partial charge in [-0.15, -0.1) is 22.7 Å². The molecule has 0 aliphatic carbocycles. The van der Waals surface area contributed by atoms with Gasteiger partial charge in [-0.25, -0.2) is 0 Å². The maximum atomic E-state index is 2.56. The first-order valence-electron chi connectivity index (χ1n) is 21.8. The van der Waals surface area contributed by atoms with Gasteiger partial charge >= 0.3 is 0 Å². The largest absolute Gasteiger partial charge is 0.144 e. The molecule has 0 saturated carbocycles. The van der Waals surface area contributed by atoms with Gasteiger partial charge in [0.2, 0.25) is 0 Å². The molecule has 4 aromatic rings. The molecule has 2 heterocycles. The molecule has 0 aliphatic rings. The summed E-state index contributed by atoms with van der Waals surface area (Å²) in [6.45, 7) is 19.0. The van der Waals surface area contributed by atoms with E-state index >= 15 is 0 Å². The van der Waals surface area contributed by atoms with Crippen molar-refractivity contribution in [2.45, 2.75) is 207 Å². The molecule has 0 atom stereocenters. The van der Waals surface area contributed by atoms with Crippen molar-refractivity contribution < 1.29 is 0 Å². The highest BCUT2D eigenvalue weighted by atomic mass is 32.1. The van der Waals surface area contributed by atoms with Crippen LogP contribution >= 0.6 is 22.7 Å². The second-order valence-corrected chi connectivity index (χ2v) is 19.9. The summed E-state index contributed by atoms with van der Waals surface area (Å²) in [7, 11) is 0. The summed E-state index contributed by atoms with van der Waals surface area (Å²) in [5.74, 6) is 0. The fraction of sp³-hybridized carbons (Fsp3) is 0.640. The summed E-state index contributed by atoms with van der Waals surface area (Å²) in [6, 6.07) is 15.1. The molecule has 0 saturated heterocycles. The summed E-state index contributed by atoms with van der Waals surface area (Å²) in [5, 5.41) is 7.60. The normalized spacial score (nSPS) is 12.4. The molecule has 0 nitrogen and oxygen atoms in total. The number of fused-ring (bicyclic) bond motifs is 1. The zero-order valence-electron chi connectivity index (χ0n) is 35.0. The van der Waals surface area contributed by atoms with Gasteiger partial charge in [-0.3, -0.25) is 0 Å². The van der Waals surface area contributed by atoms with Gasteiger partial charge < -0.3 is 0 Å². The third-order valence-corrected chi connectivity index (χ3v) is 13.4. The Kier molecular flexibility index (Phi) is 18.0. The van der Waals surface area contributed by atoms with E-state index in [0.29, 0.717) is 0 Å². The lowest BCUT2D eigenvalue weighted by atomic mass is 9.79. The fourth-order valence-electron chi connectivity index (χ4n) is 7.85. The molecule has 0 aliphatic heterocycles. The van der Waals surface area contributed by atoms with Crippen LogP contribution in [0.25, 0.3) is 31.7 Å². The Bertz CT molecular complexity index is 1460. The van der Waals surface area contributed by atoms with Crippen LogP contribution in [-0.2, 0) is 23.7 Å². The van der Waals surface area contributed by atoms with Crippen LogP contribution in [0.3, 0.4) is 0 Å². The van der Waals surface area contributed by atoms with Crippen LogP contribution in [0.5, 0.6) is 0 Å². The SMILES string of the molecule is CCCCCCCCCCCCc1ccsc1-c1cc(C(C)(C)C)cc2c(-c3sccc3CCCCCCCCCCCC)cc(C(C)(C)C)cc12. The highest BCUT2D eigenvalue weighted by Gasteiger charge is 2.24. The zero-order chi connectivity index (χ0) is 37.4. The van der Waals surface area contributed by atoms with Crippen molar-refractivity contribution in [3.63, 3.8) is 0 Å². The van der Waals surface area contributed by atoms with Crippen LogP contribution in [0, 0.1) is 0 Å². The van der Waals surface area contributed by atoms with Crippen LogP contribution in [0.4, 0.5) is 0 Å². The first-order chi connectivity index (χ1) is 25.0. The number of hydrogen-bond acceptors (Lipinski definition) is 2. The van der Waals surface area contributed by atoms with E-state index in [4.69, 9.17) is 0 Å². The van der Waals surface area contributed by atoms with E-state index in [2.05, 4.69) is 103 Å². The van der Waals surface area contributed by atoms with Crippen molar-refractivity contribution in [2.24, 2.45) is 0 Å². The number of hydrogen-bond donors (Lipinski definition) is 0. The van der Waals surface area contributed by atoms with Crippen molar-refractivity contribution in [3.05, 3.63) is 69.4 Å². The Morgan fingerprint density at radius 1 is 0.404 bits per heavy atom. The van der Waals surface area contributed by atoms with Crippen molar-refractivity contribution >= 4 is 33.4 Å². The molecule has 0 unspecified atom stereocenters. The van der Waals surface area contributed by atoms with Gasteiger partial charge in [0.1, 0.15) is 0 Å². The predicted molar refractivity (Wildman–Crippen MR) is 239 cm³/mol. The van der Waals surface area contributed by atoms with Crippen LogP contribution in [0.2, 0.25) is 0 Å². The second-order valence-electron chi connectivity index (χ2n) is 18.1. The second kappa shape index (κ2) is 21.9. The monoisotopic (exact) mass is 741 g/mol. The van der Waals surface area contributed by atoms with E-state index in [1.165, 1.54) is 184 Å². The van der Waals surface area contributed by atoms with E-state index < -0.39 is 0 Å². The molecule has 0 bridgehead atoms. The molecule has 4 rings (SSSR count). The molecule has 0 amide bonds. The number of aryl methyl sites for hydroxylation is 2. The van der Waals surface area contributed by atoms with Crippen molar-refractivity contribution in [1.29, 1.82) is 0 Å². The Labute approximate surface area is 329 Å². The lowest BCUT2D eigenvalue weighted by Crippen LogP contribution is -2.13. The molecule has 0 radical (unpaired) electrons. The Balaban J connectivity index is 1.57. The average molecular weight is 741 g/mol. The molecule has 52 heavy (non-hydrogen) atoms. The van der Waals surface area contributed by atoms with Crippen LogP contribution in [0.15, 0.2) is 47.2 Å². The molecule has 0 spiro atoms. The first kappa shape index (κ1) is 42.8. The maximum absolute atomic E-state index is 2.56. The maximum Gasteiger partial charge on any atom is 0.0381 e. The highest BCUT2D eigenvalue weighted by Crippen LogP contribution is 2.45. The van der Waals surface area contributed by atoms with Crippen molar-refractivity contribution in [2.75, 3.05) is 0 Å². The first-order valence-corrected chi connectivity index (χ1v) is 23.6. The zero-order valence-corrected chi connectivity index (χ0v) is 36.6. The van der Waals surface area contributed by atoms with Crippen LogP contribution in [0.1, 0.15) is 206 Å². The van der Waals surface area contributed by atoms with E-state index in [0.717, 1.165) is 0 Å². The lowest BCUT2D eigenvalue weighted by molar-refractivity contribution is 0.556. The Morgan fingerprint density at radius 3 is 1.02 bits per heavy atom. The topological polar surface area (TPSA) is 0 Å². The molecular formula is C50H76S2. The third kappa shape index (κ3) is 13.1. The van der Waals surface area contributed by atoms with E-state index in [-0.39, 0.29) is 10.8 Å². The van der Waals surface area contributed by atoms with Gasteiger partial charge in [0, 0.05) is 20.9 Å². The summed E-state index contributed by atoms with van der Waals surface area (Å²) in [6.07, 6.45) is 30.2. The third-order valence-electron chi connectivity index (χ3n) is 11.4. The number of unbranched alkanes of at least 4 members (excludes halogenated alkanes) is 18. The van der Waals surface area contributed by atoms with Gasteiger partial charge in [-0.05, 0) is 117 Å². The Morgan fingerprint density at radius 2 is 0.712 bits per heavy atom.